The van der Waals surface area contributed by atoms with Crippen LogP contribution in [0, 0.1) is 0 Å². The predicted molar refractivity (Wildman–Crippen MR) is 116 cm³/mol. The van der Waals surface area contributed by atoms with E-state index >= 15 is 0 Å². The molecule has 1 aliphatic heterocycles. The fraction of sp³-hybridized carbons (Fsp3) is 0.480. The van der Waals surface area contributed by atoms with Crippen molar-refractivity contribution in [2.45, 2.75) is 58.1 Å². The summed E-state index contributed by atoms with van der Waals surface area (Å²) in [6.07, 6.45) is 3.76. The number of rotatable bonds is 8. The number of benzene rings is 2. The van der Waals surface area contributed by atoms with Crippen molar-refractivity contribution in [3.05, 3.63) is 65.7 Å². The molecule has 1 heterocycles. The van der Waals surface area contributed by atoms with Gasteiger partial charge in [-0.2, -0.15) is 0 Å². The van der Waals surface area contributed by atoms with Crippen LogP contribution in [0.4, 0.5) is 0 Å². The Hall–Kier alpha value is -2.33. The van der Waals surface area contributed by atoms with Gasteiger partial charge in [0, 0.05) is 6.54 Å². The molecule has 0 radical (unpaired) electrons. The first-order valence-corrected chi connectivity index (χ1v) is 10.6. The molecule has 1 saturated heterocycles. The van der Waals surface area contributed by atoms with Crippen molar-refractivity contribution in [1.82, 2.24) is 4.90 Å². The summed E-state index contributed by atoms with van der Waals surface area (Å²) in [4.78, 5) is 14.6. The summed E-state index contributed by atoms with van der Waals surface area (Å²) in [7, 11) is 0. The fourth-order valence-electron chi connectivity index (χ4n) is 3.72. The second kappa shape index (κ2) is 9.93. The lowest BCUT2D eigenvalue weighted by atomic mass is 10.1. The van der Waals surface area contributed by atoms with Gasteiger partial charge in [-0.05, 0) is 76.3 Å². The highest BCUT2D eigenvalue weighted by Crippen LogP contribution is 2.21. The molecule has 1 aliphatic rings. The SMILES string of the molecule is CC(C)(C)OC(=O)C1CCCN1CCCOc1ccc(Cc2ccccc2)cc1. The van der Waals surface area contributed by atoms with Gasteiger partial charge in [0.25, 0.3) is 0 Å². The van der Waals surface area contributed by atoms with Crippen molar-refractivity contribution in [3.63, 3.8) is 0 Å². The van der Waals surface area contributed by atoms with Crippen LogP contribution in [0.2, 0.25) is 0 Å². The molecule has 1 atom stereocenters. The van der Waals surface area contributed by atoms with E-state index in [4.69, 9.17) is 9.47 Å². The molecule has 1 unspecified atom stereocenters. The Labute approximate surface area is 174 Å². The molecule has 156 valence electrons. The summed E-state index contributed by atoms with van der Waals surface area (Å²) in [6.45, 7) is 8.22. The topological polar surface area (TPSA) is 38.8 Å². The Kier molecular flexibility index (Phi) is 7.32. The van der Waals surface area contributed by atoms with Gasteiger partial charge in [-0.3, -0.25) is 9.69 Å². The highest BCUT2D eigenvalue weighted by Gasteiger charge is 2.33. The monoisotopic (exact) mass is 395 g/mol. The molecular weight excluding hydrogens is 362 g/mol. The first-order valence-electron chi connectivity index (χ1n) is 10.6. The van der Waals surface area contributed by atoms with E-state index in [1.807, 2.05) is 39.0 Å². The van der Waals surface area contributed by atoms with Crippen LogP contribution in [0.3, 0.4) is 0 Å². The smallest absolute Gasteiger partial charge is 0.323 e. The lowest BCUT2D eigenvalue weighted by Gasteiger charge is -2.27. The molecule has 29 heavy (non-hydrogen) atoms. The number of carbonyl (C=O) groups excluding carboxylic acids is 1. The van der Waals surface area contributed by atoms with E-state index in [2.05, 4.69) is 41.3 Å². The Morgan fingerprint density at radius 3 is 2.41 bits per heavy atom. The summed E-state index contributed by atoms with van der Waals surface area (Å²) in [6, 6.07) is 18.7. The third kappa shape index (κ3) is 6.90. The van der Waals surface area contributed by atoms with Gasteiger partial charge in [-0.1, -0.05) is 42.5 Å². The van der Waals surface area contributed by atoms with Crippen LogP contribution >= 0.6 is 0 Å². The minimum absolute atomic E-state index is 0.0927. The molecule has 0 bridgehead atoms. The molecule has 0 aliphatic carbocycles. The van der Waals surface area contributed by atoms with Crippen molar-refractivity contribution in [1.29, 1.82) is 0 Å². The summed E-state index contributed by atoms with van der Waals surface area (Å²) in [5, 5.41) is 0. The van der Waals surface area contributed by atoms with Gasteiger partial charge >= 0.3 is 5.97 Å². The minimum atomic E-state index is -0.429. The molecule has 0 amide bonds. The second-order valence-corrected chi connectivity index (χ2v) is 8.74. The number of hydrogen-bond donors (Lipinski definition) is 0. The van der Waals surface area contributed by atoms with Crippen molar-refractivity contribution >= 4 is 5.97 Å². The number of esters is 1. The summed E-state index contributed by atoms with van der Waals surface area (Å²) in [5.41, 5.74) is 2.16. The van der Waals surface area contributed by atoms with Crippen molar-refractivity contribution < 1.29 is 14.3 Å². The molecule has 2 aromatic rings. The molecule has 1 fully saturated rings. The van der Waals surface area contributed by atoms with Crippen LogP contribution in [0.5, 0.6) is 5.75 Å². The van der Waals surface area contributed by atoms with Gasteiger partial charge < -0.3 is 9.47 Å². The van der Waals surface area contributed by atoms with E-state index in [1.165, 1.54) is 11.1 Å². The number of hydrogen-bond acceptors (Lipinski definition) is 4. The average molecular weight is 396 g/mol. The van der Waals surface area contributed by atoms with E-state index in [-0.39, 0.29) is 12.0 Å². The maximum Gasteiger partial charge on any atom is 0.323 e. The summed E-state index contributed by atoms with van der Waals surface area (Å²) >= 11 is 0. The lowest BCUT2D eigenvalue weighted by Crippen LogP contribution is -2.41. The summed E-state index contributed by atoms with van der Waals surface area (Å²) < 4.78 is 11.5. The van der Waals surface area contributed by atoms with Crippen LogP contribution in [-0.4, -0.2) is 42.2 Å². The molecule has 0 saturated carbocycles. The van der Waals surface area contributed by atoms with E-state index in [1.54, 1.807) is 0 Å². The highest BCUT2D eigenvalue weighted by atomic mass is 16.6. The Morgan fingerprint density at radius 1 is 1.03 bits per heavy atom. The van der Waals surface area contributed by atoms with Gasteiger partial charge in [0.05, 0.1) is 6.61 Å². The maximum absolute atomic E-state index is 12.4. The zero-order valence-corrected chi connectivity index (χ0v) is 17.9. The first-order chi connectivity index (χ1) is 13.9. The average Bonchev–Trinajstić information content (AvgIpc) is 3.15. The maximum atomic E-state index is 12.4. The number of nitrogens with zero attached hydrogens (tertiary/aromatic N) is 1. The van der Waals surface area contributed by atoms with Gasteiger partial charge in [0.15, 0.2) is 0 Å². The third-order valence-electron chi connectivity index (χ3n) is 5.08. The molecular formula is C25H33NO3. The normalized spacial score (nSPS) is 17.3. The lowest BCUT2D eigenvalue weighted by molar-refractivity contribution is -0.160. The molecule has 0 aromatic heterocycles. The zero-order valence-electron chi connectivity index (χ0n) is 17.9. The number of ether oxygens (including phenoxy) is 2. The van der Waals surface area contributed by atoms with Crippen LogP contribution in [-0.2, 0) is 16.0 Å². The van der Waals surface area contributed by atoms with Gasteiger partial charge in [-0.25, -0.2) is 0 Å². The summed E-state index contributed by atoms with van der Waals surface area (Å²) in [5.74, 6) is 0.803. The minimum Gasteiger partial charge on any atom is -0.494 e. The van der Waals surface area contributed by atoms with Gasteiger partial charge in [0.1, 0.15) is 17.4 Å². The Bertz CT molecular complexity index is 765. The van der Waals surface area contributed by atoms with Gasteiger partial charge in [-0.15, -0.1) is 0 Å². The predicted octanol–water partition coefficient (Wildman–Crippen LogP) is 4.85. The van der Waals surface area contributed by atoms with Crippen LogP contribution in [0.15, 0.2) is 54.6 Å². The number of likely N-dealkylation sites (tertiary alicyclic amines) is 1. The quantitative estimate of drug-likeness (QED) is 0.473. The van der Waals surface area contributed by atoms with Crippen LogP contribution in [0.1, 0.15) is 51.2 Å². The second-order valence-electron chi connectivity index (χ2n) is 8.74. The van der Waals surface area contributed by atoms with Gasteiger partial charge in [0.2, 0.25) is 0 Å². The van der Waals surface area contributed by atoms with Crippen molar-refractivity contribution in [2.75, 3.05) is 19.7 Å². The third-order valence-corrected chi connectivity index (χ3v) is 5.08. The molecule has 0 spiro atoms. The zero-order chi connectivity index (χ0) is 20.7. The van der Waals surface area contributed by atoms with E-state index in [0.717, 1.165) is 44.5 Å². The van der Waals surface area contributed by atoms with Crippen molar-refractivity contribution in [3.8, 4) is 5.75 Å². The van der Waals surface area contributed by atoms with E-state index in [0.29, 0.717) is 6.61 Å². The molecule has 0 N–H and O–H groups in total. The van der Waals surface area contributed by atoms with E-state index < -0.39 is 5.60 Å². The Balaban J connectivity index is 1.40. The largest absolute Gasteiger partial charge is 0.494 e. The van der Waals surface area contributed by atoms with Crippen LogP contribution in [0.25, 0.3) is 0 Å². The number of carbonyl (C=O) groups is 1. The first kappa shape index (κ1) is 21.4. The van der Waals surface area contributed by atoms with Crippen molar-refractivity contribution in [2.24, 2.45) is 0 Å². The van der Waals surface area contributed by atoms with Crippen LogP contribution < -0.4 is 4.74 Å². The molecule has 3 rings (SSSR count). The fourth-order valence-corrected chi connectivity index (χ4v) is 3.72. The van der Waals surface area contributed by atoms with E-state index in [9.17, 15) is 4.79 Å². The highest BCUT2D eigenvalue weighted by molar-refractivity contribution is 5.76. The standard InChI is InChI=1S/C25H33NO3/c1-25(2,3)29-24(27)23-11-7-16-26(23)17-8-18-28-22-14-12-21(13-15-22)19-20-9-5-4-6-10-20/h4-6,9-10,12-15,23H,7-8,11,16-19H2,1-3H3. The molecule has 2 aromatic carbocycles. The molecule has 4 nitrogen and oxygen atoms in total. The Morgan fingerprint density at radius 2 is 1.72 bits per heavy atom. The molecule has 4 heteroatoms.